The molecule has 2 atom stereocenters. The standard InChI is InChI=1S/C28H28F4N4O3S/c1-15-3-4-17(12-23(15)36-40(37,38)25-6-5-19(29)14-22(25)30)18-11-21-16(2)34-27(33)35-26(21)24(13-18)39-20-7-9-28(31,32)10-8-20/h3-6,11-14,20,22,25,36H,7-10H2,1-2H3,(H2,33,34,35). The number of hydrogen-bond acceptors (Lipinski definition) is 6. The van der Waals surface area contributed by atoms with Crippen LogP contribution in [0.15, 0.2) is 54.4 Å². The number of allylic oxidation sites excluding steroid dienone is 3. The molecule has 212 valence electrons. The Balaban J connectivity index is 1.52. The summed E-state index contributed by atoms with van der Waals surface area (Å²) in [5.74, 6) is -3.15. The second-order valence-corrected chi connectivity index (χ2v) is 12.0. The molecule has 1 heterocycles. The van der Waals surface area contributed by atoms with Crippen LogP contribution in [0, 0.1) is 13.8 Å². The van der Waals surface area contributed by atoms with Gasteiger partial charge in [-0.1, -0.05) is 18.2 Å². The number of aryl methyl sites for hydroxylation is 2. The Morgan fingerprint density at radius 1 is 1.07 bits per heavy atom. The monoisotopic (exact) mass is 576 g/mol. The normalized spacial score (nSPS) is 21.3. The quantitative estimate of drug-likeness (QED) is 0.333. The Morgan fingerprint density at radius 3 is 2.50 bits per heavy atom. The maximum absolute atomic E-state index is 14.4. The number of nitrogens with two attached hydrogens (primary N) is 1. The lowest BCUT2D eigenvalue weighted by Crippen LogP contribution is -2.34. The number of aromatic nitrogens is 2. The van der Waals surface area contributed by atoms with Crippen LogP contribution < -0.4 is 15.2 Å². The number of rotatable bonds is 6. The lowest BCUT2D eigenvalue weighted by molar-refractivity contribution is -0.0580. The molecule has 7 nitrogen and oxygen atoms in total. The number of nitrogens with one attached hydrogen (secondary N) is 1. The summed E-state index contributed by atoms with van der Waals surface area (Å²) < 4.78 is 89.8. The average Bonchev–Trinajstić information content (AvgIpc) is 2.86. The van der Waals surface area contributed by atoms with E-state index >= 15 is 0 Å². The highest BCUT2D eigenvalue weighted by atomic mass is 32.2. The van der Waals surface area contributed by atoms with Crippen LogP contribution in [0.2, 0.25) is 0 Å². The third-order valence-corrected chi connectivity index (χ3v) is 8.83. The lowest BCUT2D eigenvalue weighted by atomic mass is 9.94. The fraction of sp³-hybridized carbons (Fsp3) is 0.357. The Bertz CT molecular complexity index is 1630. The van der Waals surface area contributed by atoms with E-state index in [2.05, 4.69) is 14.7 Å². The molecule has 1 saturated carbocycles. The van der Waals surface area contributed by atoms with Gasteiger partial charge in [-0.05, 0) is 73.7 Å². The number of anilines is 2. The van der Waals surface area contributed by atoms with Crippen molar-refractivity contribution in [1.29, 1.82) is 0 Å². The van der Waals surface area contributed by atoms with Gasteiger partial charge in [-0.25, -0.2) is 35.9 Å². The minimum absolute atomic E-state index is 0.0439. The van der Waals surface area contributed by atoms with Crippen molar-refractivity contribution in [2.24, 2.45) is 0 Å². The van der Waals surface area contributed by atoms with Gasteiger partial charge in [0.1, 0.15) is 28.5 Å². The van der Waals surface area contributed by atoms with Gasteiger partial charge in [0.15, 0.2) is 0 Å². The molecule has 0 aliphatic heterocycles. The summed E-state index contributed by atoms with van der Waals surface area (Å²) >= 11 is 0. The summed E-state index contributed by atoms with van der Waals surface area (Å²) in [5.41, 5.74) is 8.94. The molecule has 0 spiro atoms. The number of nitrogens with zero attached hydrogens (tertiary/aromatic N) is 2. The number of hydrogen-bond donors (Lipinski definition) is 2. The molecule has 3 N–H and O–H groups in total. The molecule has 12 heteroatoms. The number of halogens is 4. The van der Waals surface area contributed by atoms with E-state index in [1.165, 1.54) is 0 Å². The summed E-state index contributed by atoms with van der Waals surface area (Å²) in [4.78, 5) is 8.57. The topological polar surface area (TPSA) is 107 Å². The maximum atomic E-state index is 14.4. The molecule has 2 unspecified atom stereocenters. The van der Waals surface area contributed by atoms with E-state index in [9.17, 15) is 26.0 Å². The molecule has 0 saturated heterocycles. The van der Waals surface area contributed by atoms with Crippen molar-refractivity contribution in [2.75, 3.05) is 10.5 Å². The van der Waals surface area contributed by atoms with Gasteiger partial charge in [0, 0.05) is 18.2 Å². The Morgan fingerprint density at radius 2 is 1.80 bits per heavy atom. The predicted octanol–water partition coefficient (Wildman–Crippen LogP) is 6.32. The summed E-state index contributed by atoms with van der Waals surface area (Å²) in [6.07, 6.45) is -0.148. The van der Waals surface area contributed by atoms with Gasteiger partial charge < -0.3 is 10.5 Å². The van der Waals surface area contributed by atoms with Gasteiger partial charge in [-0.2, -0.15) is 0 Å². The molecule has 0 amide bonds. The smallest absolute Gasteiger partial charge is 0.248 e. The number of ether oxygens (including phenoxy) is 1. The van der Waals surface area contributed by atoms with Gasteiger partial charge in [0.25, 0.3) is 0 Å². The van der Waals surface area contributed by atoms with Crippen molar-refractivity contribution < 1.29 is 30.7 Å². The van der Waals surface area contributed by atoms with E-state index in [1.807, 2.05) is 6.07 Å². The maximum Gasteiger partial charge on any atom is 0.248 e. The van der Waals surface area contributed by atoms with Crippen LogP contribution in [0.1, 0.15) is 36.9 Å². The third kappa shape index (κ3) is 5.77. The molecule has 1 fully saturated rings. The van der Waals surface area contributed by atoms with Crippen LogP contribution >= 0.6 is 0 Å². The fourth-order valence-corrected chi connectivity index (χ4v) is 6.31. The van der Waals surface area contributed by atoms with Crippen LogP contribution in [0.5, 0.6) is 5.75 Å². The third-order valence-electron chi connectivity index (χ3n) is 7.19. The molecular formula is C28H28F4N4O3S. The minimum Gasteiger partial charge on any atom is -0.488 e. The molecule has 40 heavy (non-hydrogen) atoms. The van der Waals surface area contributed by atoms with E-state index in [4.69, 9.17) is 10.5 Å². The Labute approximate surface area is 229 Å². The van der Waals surface area contributed by atoms with Crippen molar-refractivity contribution in [3.8, 4) is 16.9 Å². The molecule has 3 aromatic rings. The largest absolute Gasteiger partial charge is 0.488 e. The highest BCUT2D eigenvalue weighted by molar-refractivity contribution is 7.93. The van der Waals surface area contributed by atoms with E-state index in [0.717, 1.165) is 12.2 Å². The van der Waals surface area contributed by atoms with Crippen LogP contribution in [0.4, 0.5) is 29.2 Å². The summed E-state index contributed by atoms with van der Waals surface area (Å²) in [6.45, 7) is 3.45. The molecule has 1 aromatic heterocycles. The molecular weight excluding hydrogens is 548 g/mol. The van der Waals surface area contributed by atoms with Crippen LogP contribution in [-0.4, -0.2) is 41.8 Å². The molecule has 0 radical (unpaired) electrons. The molecule has 0 bridgehead atoms. The van der Waals surface area contributed by atoms with Crippen molar-refractivity contribution in [1.82, 2.24) is 9.97 Å². The molecule has 2 aromatic carbocycles. The average molecular weight is 577 g/mol. The van der Waals surface area contributed by atoms with Gasteiger partial charge in [-0.15, -0.1) is 0 Å². The van der Waals surface area contributed by atoms with E-state index in [0.29, 0.717) is 45.1 Å². The zero-order valence-electron chi connectivity index (χ0n) is 21.8. The van der Waals surface area contributed by atoms with Crippen LogP contribution in [0.3, 0.4) is 0 Å². The highest BCUT2D eigenvalue weighted by Crippen LogP contribution is 2.39. The van der Waals surface area contributed by atoms with E-state index in [1.54, 1.807) is 38.1 Å². The summed E-state index contributed by atoms with van der Waals surface area (Å²) in [6, 6.07) is 8.60. The number of fused-ring (bicyclic) bond motifs is 1. The Kier molecular flexibility index (Phi) is 7.24. The molecule has 5 rings (SSSR count). The summed E-state index contributed by atoms with van der Waals surface area (Å²) in [7, 11) is -4.26. The van der Waals surface area contributed by atoms with E-state index < -0.39 is 39.3 Å². The van der Waals surface area contributed by atoms with E-state index in [-0.39, 0.29) is 37.3 Å². The second-order valence-electron chi connectivity index (χ2n) is 10.2. The fourth-order valence-electron chi connectivity index (χ4n) is 4.94. The van der Waals surface area contributed by atoms with Crippen molar-refractivity contribution in [2.45, 2.75) is 63.0 Å². The zero-order chi connectivity index (χ0) is 28.8. The first-order valence-corrected chi connectivity index (χ1v) is 14.3. The number of benzene rings is 2. The van der Waals surface area contributed by atoms with Crippen molar-refractivity contribution in [3.05, 3.63) is 65.6 Å². The number of sulfonamides is 1. The lowest BCUT2D eigenvalue weighted by Gasteiger charge is -2.29. The first kappa shape index (κ1) is 27.9. The molecule has 2 aliphatic carbocycles. The van der Waals surface area contributed by atoms with Gasteiger partial charge in [0.2, 0.25) is 21.9 Å². The van der Waals surface area contributed by atoms with Gasteiger partial charge in [0.05, 0.1) is 17.5 Å². The van der Waals surface area contributed by atoms with Gasteiger partial charge in [-0.3, -0.25) is 4.72 Å². The first-order chi connectivity index (χ1) is 18.8. The summed E-state index contributed by atoms with van der Waals surface area (Å²) in [5, 5.41) is -0.962. The second kappa shape index (κ2) is 10.4. The van der Waals surface area contributed by atoms with Crippen molar-refractivity contribution >= 4 is 32.6 Å². The predicted molar refractivity (Wildman–Crippen MR) is 146 cm³/mol. The minimum atomic E-state index is -4.26. The number of nitrogen functional groups attached to an aromatic ring is 1. The zero-order valence-corrected chi connectivity index (χ0v) is 22.6. The van der Waals surface area contributed by atoms with Crippen LogP contribution in [0.25, 0.3) is 22.0 Å². The SMILES string of the molecule is Cc1ccc(-c2cc(OC3CCC(F)(F)CC3)c3nc(N)nc(C)c3c2)cc1NS(=O)(=O)C1C=CC(F)=CC1F. The van der Waals surface area contributed by atoms with Crippen LogP contribution in [-0.2, 0) is 10.0 Å². The highest BCUT2D eigenvalue weighted by Gasteiger charge is 2.36. The first-order valence-electron chi connectivity index (χ1n) is 12.8. The Hall–Kier alpha value is -3.67. The molecule has 2 aliphatic rings. The van der Waals surface area contributed by atoms with Crippen molar-refractivity contribution in [3.63, 3.8) is 0 Å². The number of alkyl halides is 3. The van der Waals surface area contributed by atoms with Gasteiger partial charge >= 0.3 is 0 Å².